The highest BCUT2D eigenvalue weighted by Gasteiger charge is 2.52. The molecule has 1 aliphatic carbocycles. The van der Waals surface area contributed by atoms with Gasteiger partial charge in [-0.1, -0.05) is 104 Å². The topological polar surface area (TPSA) is 557 Å². The van der Waals surface area contributed by atoms with Crippen LogP contribution in [0, 0.1) is 5.92 Å². The first kappa shape index (κ1) is 83.5. The third-order valence-corrected chi connectivity index (χ3v) is 21.7. The zero-order valence-electron chi connectivity index (χ0n) is 62.5. The van der Waals surface area contributed by atoms with Crippen molar-refractivity contribution in [2.24, 2.45) is 17.4 Å². The molecule has 2 saturated heterocycles. The molecular weight excluding hydrogens is 1570 g/mol. The van der Waals surface area contributed by atoms with Gasteiger partial charge in [0.05, 0.1) is 35.3 Å². The number of aliphatic hydroxyl groups is 6. The van der Waals surface area contributed by atoms with Crippen LogP contribution in [0.2, 0.25) is 10.0 Å². The van der Waals surface area contributed by atoms with Gasteiger partial charge in [0.1, 0.15) is 102 Å². The minimum atomic E-state index is -2.41. The summed E-state index contributed by atoms with van der Waals surface area (Å²) in [6, 6.07) is 13.2. The molecule has 618 valence electrons. The first-order chi connectivity index (χ1) is 55.6. The minimum absolute atomic E-state index is 0.116. The van der Waals surface area contributed by atoms with E-state index in [4.69, 9.17) is 67.8 Å². The van der Waals surface area contributed by atoms with E-state index in [0.717, 1.165) is 95.1 Å². The summed E-state index contributed by atoms with van der Waals surface area (Å²) >= 11 is 14.3. The Morgan fingerprint density at radius 1 is 0.650 bits per heavy atom. The number of hydrogen-bond acceptors (Lipinski definition) is 26. The van der Waals surface area contributed by atoms with Crippen molar-refractivity contribution in [3.8, 4) is 68.2 Å². The van der Waals surface area contributed by atoms with E-state index in [1.54, 1.807) is 13.8 Å². The van der Waals surface area contributed by atoms with Crippen LogP contribution in [-0.2, 0) is 57.3 Å². The van der Waals surface area contributed by atoms with E-state index in [1.807, 2.05) is 48.5 Å². The molecule has 18 atom stereocenters. The number of rotatable bonds is 15. The number of fused-ring (bicyclic) bond motifs is 18. The van der Waals surface area contributed by atoms with Crippen LogP contribution in [0.1, 0.15) is 122 Å². The Morgan fingerprint density at radius 2 is 1.25 bits per heavy atom. The Labute approximate surface area is 675 Å². The molecule has 0 aromatic heterocycles. The summed E-state index contributed by atoms with van der Waals surface area (Å²) in [5.74, 6) is -17.5. The lowest BCUT2D eigenvalue weighted by Crippen LogP contribution is -2.64. The van der Waals surface area contributed by atoms with Crippen LogP contribution in [0.4, 0.5) is 4.79 Å². The molecule has 0 saturated carbocycles. The normalized spacial score (nSPS) is 27.3. The van der Waals surface area contributed by atoms with Crippen LogP contribution in [0.15, 0.2) is 127 Å². The van der Waals surface area contributed by atoms with Crippen molar-refractivity contribution in [3.63, 3.8) is 0 Å². The Hall–Kier alpha value is -11.5. The number of halogens is 2. The van der Waals surface area contributed by atoms with Gasteiger partial charge in [0.25, 0.3) is 0 Å². The number of amides is 8. The minimum Gasteiger partial charge on any atom is -0.508 e. The quantitative estimate of drug-likeness (QED) is 0.0699. The number of ether oxygens (including phenoxy) is 7. The maximum absolute atomic E-state index is 16.2. The molecule has 7 aromatic rings. The van der Waals surface area contributed by atoms with E-state index in [0.29, 0.717) is 0 Å². The lowest BCUT2D eigenvalue weighted by atomic mass is 9.86. The van der Waals surface area contributed by atoms with Gasteiger partial charge in [-0.2, -0.15) is 0 Å². The maximum atomic E-state index is 16.2. The van der Waals surface area contributed by atoms with Gasteiger partial charge in [0, 0.05) is 40.6 Å². The molecule has 7 heterocycles. The predicted octanol–water partition coefficient (Wildman–Crippen LogP) is 3.43. The van der Waals surface area contributed by atoms with Crippen molar-refractivity contribution in [1.82, 2.24) is 37.2 Å². The molecule has 8 amide bonds. The van der Waals surface area contributed by atoms with Gasteiger partial charge in [-0.15, -0.1) is 0 Å². The van der Waals surface area contributed by atoms with Crippen molar-refractivity contribution in [3.05, 3.63) is 176 Å². The van der Waals surface area contributed by atoms with Crippen molar-refractivity contribution in [1.29, 1.82) is 0 Å². The summed E-state index contributed by atoms with van der Waals surface area (Å²) in [5, 5.41) is 131. The molecule has 7 aromatic carbocycles. The average Bonchev–Trinajstić information content (AvgIpc) is 1.37. The zero-order valence-corrected chi connectivity index (χ0v) is 64.1. The summed E-state index contributed by atoms with van der Waals surface area (Å²) in [5.41, 5.74) is 11.5. The summed E-state index contributed by atoms with van der Waals surface area (Å²) in [6.45, 7) is 5.25. The number of nitrogens with one attached hydrogen (secondary N) is 7. The number of aliphatic hydroxyl groups excluding tert-OH is 6. The van der Waals surface area contributed by atoms with E-state index in [9.17, 15) is 75.0 Å². The number of aliphatic carboxylic acids is 1. The van der Waals surface area contributed by atoms with Gasteiger partial charge < -0.3 is 133 Å². The molecule has 35 nitrogen and oxygen atoms in total. The Bertz CT molecular complexity index is 5050. The van der Waals surface area contributed by atoms with E-state index >= 15 is 19.2 Å². The largest absolute Gasteiger partial charge is 0.508 e. The standard InChI is InChI=1S/C80H83Cl2N9O26/c1-31(2)19-47(86-79(110)111-30-44-40-11-7-5-9-38(40)39-10-6-8-12-41(39)44)71(102)90-62-64(97)34-14-17-51(45(81)21-34)113-53-23-36-24-54(68(53)117-78-69(67(100)66(99)55(29-92)115-78)116-57-28-80(4,84)70(101)32(3)112-57)114-52-18-15-35(22-46(52)82)65(98)63-76(107)89-61(77(108)109)43-25-37(93)26-50(95)58(43)42-20-33(13-16-49(42)94)59(73(104)91-63)88-74(105)60(36)87-72(103)48(27-56(83)96)85-75(62)106/h5-18,20-26,31-32,44,47-48,55,57,59-67,69-70,78,92-95,97-101H,19,27-30,84H2,1-4H3,(H2,83,96)(H,85,106)(H,86,110)(H,87,103)(H,88,105)(H,89,107)(H,90,102)(H,91,104)(H,108,109)/t32-,47+,48-,55+,57-,59+,60+,61-,62+,63-,64+,65+,66+,67-,69+,70+,78-,80-/m0/s1. The Kier molecular flexibility index (Phi) is 24.3. The third-order valence-electron chi connectivity index (χ3n) is 21.1. The van der Waals surface area contributed by atoms with Gasteiger partial charge in [-0.25, -0.2) is 9.59 Å². The number of primary amides is 1. The second-order valence-electron chi connectivity index (χ2n) is 29.9. The van der Waals surface area contributed by atoms with E-state index in [-0.39, 0.29) is 42.1 Å². The highest BCUT2D eigenvalue weighted by molar-refractivity contribution is 6.32. The monoisotopic (exact) mass is 1660 g/mol. The molecule has 0 spiro atoms. The van der Waals surface area contributed by atoms with E-state index in [1.165, 1.54) is 19.9 Å². The second kappa shape index (κ2) is 34.0. The fourth-order valence-electron chi connectivity index (χ4n) is 15.2. The van der Waals surface area contributed by atoms with Crippen molar-refractivity contribution >= 4 is 76.6 Å². The van der Waals surface area contributed by atoms with Crippen LogP contribution in [0.25, 0.3) is 22.3 Å². The number of hydrogen-bond donors (Lipinski definition) is 19. The second-order valence-corrected chi connectivity index (χ2v) is 30.7. The molecular formula is C80H83Cl2N9O26. The Morgan fingerprint density at radius 3 is 1.85 bits per heavy atom. The zero-order chi connectivity index (χ0) is 84.1. The van der Waals surface area contributed by atoms with E-state index < -0.39 is 260 Å². The fourth-order valence-corrected chi connectivity index (χ4v) is 15.6. The van der Waals surface area contributed by atoms with Crippen molar-refractivity contribution < 1.29 is 127 Å². The molecule has 2 fully saturated rings. The van der Waals surface area contributed by atoms with Gasteiger partial charge in [0.2, 0.25) is 53.4 Å². The molecule has 37 heteroatoms. The number of aromatic hydroxyl groups is 3. The van der Waals surface area contributed by atoms with Crippen molar-refractivity contribution in [2.45, 2.75) is 162 Å². The molecule has 7 aliphatic heterocycles. The summed E-state index contributed by atoms with van der Waals surface area (Å²) in [4.78, 5) is 133. The first-order valence-corrected chi connectivity index (χ1v) is 37.7. The molecule has 0 unspecified atom stereocenters. The number of carboxylic acid groups (broad SMARTS) is 1. The first-order valence-electron chi connectivity index (χ1n) is 37.0. The summed E-state index contributed by atoms with van der Waals surface area (Å²) in [6.07, 6.45) is -20.5. The van der Waals surface area contributed by atoms with Gasteiger partial charge in [-0.3, -0.25) is 33.6 Å². The Balaban J connectivity index is 0.968. The smallest absolute Gasteiger partial charge is 0.407 e. The SMILES string of the molecule is CC(C)C[C@@H](NC(=O)OCC1c2ccccc2-c2ccccc21)C(=O)N[C@H]1C(=O)N[C@@H](CC(N)=O)C(=O)N[C@H]2C(=O)N[C@H]3C(=O)N[C@H](C(=O)N[C@H](C(=O)O)c4cc(O)cc(O)c4-c4cc3ccc4O)[C@H](O)c3ccc(c(Cl)c3)Oc3cc2cc(c3O[C@@H]2O[C@H](CO)[C@@H](O)[C@H](O)[C@H]2O[C@H]2C[C@](C)(N)[C@H](O)[C@H](C)O2)Oc2ccc(cc2Cl)[C@H]1O. The van der Waals surface area contributed by atoms with Crippen LogP contribution in [-0.4, -0.2) is 197 Å². The number of phenols is 3. The predicted molar refractivity (Wildman–Crippen MR) is 408 cm³/mol. The number of benzene rings is 7. The summed E-state index contributed by atoms with van der Waals surface area (Å²) in [7, 11) is 0. The summed E-state index contributed by atoms with van der Waals surface area (Å²) < 4.78 is 44.4. The number of carboxylic acids is 1. The molecule has 0 radical (unpaired) electrons. The number of alkyl carbamates (subject to hydrolysis) is 1. The van der Waals surface area contributed by atoms with Crippen LogP contribution < -0.4 is 62.9 Å². The highest BCUT2D eigenvalue weighted by Crippen LogP contribution is 2.51. The number of carbonyl (C=O) groups is 9. The molecule has 8 aliphatic rings. The van der Waals surface area contributed by atoms with Crippen LogP contribution in [0.5, 0.6) is 46.0 Å². The molecule has 117 heavy (non-hydrogen) atoms. The highest BCUT2D eigenvalue weighted by atomic mass is 35.5. The number of phenolic OH excluding ortho intramolecular Hbond substituents is 3. The van der Waals surface area contributed by atoms with Gasteiger partial charge in [-0.05, 0) is 125 Å². The van der Waals surface area contributed by atoms with Crippen LogP contribution >= 0.6 is 23.2 Å². The van der Waals surface area contributed by atoms with Crippen LogP contribution in [0.3, 0.4) is 0 Å². The average molecular weight is 1660 g/mol. The number of nitrogens with two attached hydrogens (primary N) is 2. The lowest BCUT2D eigenvalue weighted by molar-refractivity contribution is -0.333. The number of carbonyl (C=O) groups excluding carboxylic acids is 8. The molecule has 11 bridgehead atoms. The van der Waals surface area contributed by atoms with E-state index in [2.05, 4.69) is 37.2 Å². The van der Waals surface area contributed by atoms with Gasteiger partial charge >= 0.3 is 12.1 Å². The fraction of sp³-hybridized carbons (Fsp3) is 0.362. The van der Waals surface area contributed by atoms with Crippen molar-refractivity contribution in [2.75, 3.05) is 13.2 Å². The molecule has 21 N–H and O–H groups in total. The maximum Gasteiger partial charge on any atom is 0.407 e. The third kappa shape index (κ3) is 17.4. The lowest BCUT2D eigenvalue weighted by Gasteiger charge is -2.47. The van der Waals surface area contributed by atoms with Gasteiger partial charge in [0.15, 0.2) is 29.9 Å². The molecule has 15 rings (SSSR count).